The molecule has 2 aliphatic carbocycles. The van der Waals surface area contributed by atoms with Gasteiger partial charge in [-0.25, -0.2) is 0 Å². The number of hydrogen-bond donors (Lipinski definition) is 2. The van der Waals surface area contributed by atoms with Crippen LogP contribution in [0.3, 0.4) is 0 Å². The Balaban J connectivity index is 1.30. The van der Waals surface area contributed by atoms with E-state index in [9.17, 15) is 4.79 Å². The van der Waals surface area contributed by atoms with Crippen molar-refractivity contribution in [1.29, 1.82) is 0 Å². The second-order valence-corrected chi connectivity index (χ2v) is 9.10. The van der Waals surface area contributed by atoms with Crippen LogP contribution in [0.5, 0.6) is 0 Å². The first-order valence-corrected chi connectivity index (χ1v) is 11.6. The number of carbonyl (C=O) groups is 1. The monoisotopic (exact) mass is 407 g/mol. The second kappa shape index (κ2) is 11.2. The molecule has 1 saturated heterocycles. The summed E-state index contributed by atoms with van der Waals surface area (Å²) in [5.74, 6) is 1.60. The van der Waals surface area contributed by atoms with Gasteiger partial charge in [-0.2, -0.15) is 0 Å². The van der Waals surface area contributed by atoms with Crippen molar-refractivity contribution in [2.24, 2.45) is 16.3 Å². The highest BCUT2D eigenvalue weighted by Gasteiger charge is 2.36. The van der Waals surface area contributed by atoms with E-state index < -0.39 is 0 Å². The predicted molar refractivity (Wildman–Crippen MR) is 117 cm³/mol. The molecule has 1 amide bonds. The van der Waals surface area contributed by atoms with Crippen molar-refractivity contribution in [3.05, 3.63) is 0 Å². The third-order valence-electron chi connectivity index (χ3n) is 7.21. The van der Waals surface area contributed by atoms with Crippen molar-refractivity contribution in [3.63, 3.8) is 0 Å². The molecular formula is C22H41N5O2. The van der Waals surface area contributed by atoms with Gasteiger partial charge in [0.1, 0.15) is 0 Å². The molecule has 0 unspecified atom stereocenters. The lowest BCUT2D eigenvalue weighted by molar-refractivity contribution is -0.137. The summed E-state index contributed by atoms with van der Waals surface area (Å²) >= 11 is 0. The van der Waals surface area contributed by atoms with Gasteiger partial charge < -0.3 is 20.3 Å². The van der Waals surface area contributed by atoms with Crippen molar-refractivity contribution in [2.75, 3.05) is 66.6 Å². The Hall–Kier alpha value is -1.34. The van der Waals surface area contributed by atoms with E-state index in [2.05, 4.69) is 25.4 Å². The highest BCUT2D eigenvalue weighted by molar-refractivity contribution is 5.80. The lowest BCUT2D eigenvalue weighted by Crippen LogP contribution is -2.52. The van der Waals surface area contributed by atoms with Gasteiger partial charge in [-0.3, -0.25) is 14.7 Å². The first kappa shape index (κ1) is 22.3. The number of nitrogens with zero attached hydrogens (tertiary/aromatic N) is 3. The minimum Gasteiger partial charge on any atom is -0.385 e. The quantitative estimate of drug-likeness (QED) is 0.450. The van der Waals surface area contributed by atoms with E-state index in [1.54, 1.807) is 7.11 Å². The summed E-state index contributed by atoms with van der Waals surface area (Å²) in [4.78, 5) is 21.5. The fourth-order valence-electron chi connectivity index (χ4n) is 4.96. The minimum absolute atomic E-state index is 0.306. The zero-order chi connectivity index (χ0) is 20.5. The van der Waals surface area contributed by atoms with Crippen molar-refractivity contribution >= 4 is 11.9 Å². The van der Waals surface area contributed by atoms with Gasteiger partial charge in [0, 0.05) is 72.5 Å². The highest BCUT2D eigenvalue weighted by Crippen LogP contribution is 2.43. The lowest BCUT2D eigenvalue weighted by Gasteiger charge is -2.42. The molecule has 2 saturated carbocycles. The van der Waals surface area contributed by atoms with Crippen LogP contribution in [-0.4, -0.2) is 88.2 Å². The third kappa shape index (κ3) is 6.32. The molecule has 0 bridgehead atoms. The largest absolute Gasteiger partial charge is 0.385 e. The van der Waals surface area contributed by atoms with Crippen LogP contribution in [0.15, 0.2) is 4.99 Å². The average molecular weight is 408 g/mol. The van der Waals surface area contributed by atoms with Gasteiger partial charge in [0.2, 0.25) is 5.91 Å². The predicted octanol–water partition coefficient (Wildman–Crippen LogP) is 1.69. The van der Waals surface area contributed by atoms with E-state index in [0.29, 0.717) is 17.2 Å². The molecule has 2 N–H and O–H groups in total. The molecule has 0 aromatic heterocycles. The highest BCUT2D eigenvalue weighted by atomic mass is 16.5. The smallest absolute Gasteiger partial charge is 0.225 e. The van der Waals surface area contributed by atoms with E-state index in [4.69, 9.17) is 4.74 Å². The SMILES string of the molecule is CN=C(NCCN1CCN(C(=O)C2CCCC2)CC1)NCC1(CCOC)CCC1. The molecule has 1 heterocycles. The number of methoxy groups -OCH3 is 1. The average Bonchev–Trinajstić information content (AvgIpc) is 3.26. The Morgan fingerprint density at radius 1 is 1.10 bits per heavy atom. The first-order chi connectivity index (χ1) is 14.2. The Bertz CT molecular complexity index is 535. The molecular weight excluding hydrogens is 366 g/mol. The van der Waals surface area contributed by atoms with Crippen LogP contribution >= 0.6 is 0 Å². The van der Waals surface area contributed by atoms with Crippen molar-refractivity contribution in [3.8, 4) is 0 Å². The molecule has 3 rings (SSSR count). The number of hydrogen-bond acceptors (Lipinski definition) is 4. The fourth-order valence-corrected chi connectivity index (χ4v) is 4.96. The number of aliphatic imine (C=N–C) groups is 1. The molecule has 0 atom stereocenters. The van der Waals surface area contributed by atoms with Gasteiger partial charge in [0.05, 0.1) is 0 Å². The standard InChI is InChI=1S/C22H41N5O2/c1-23-21(25-18-22(8-5-9-22)10-17-29-2)24-11-12-26-13-15-27(16-14-26)20(28)19-6-3-4-7-19/h19H,3-18H2,1-2H3,(H2,23,24,25). The first-order valence-electron chi connectivity index (χ1n) is 11.6. The molecule has 166 valence electrons. The molecule has 3 fully saturated rings. The van der Waals surface area contributed by atoms with Crippen LogP contribution in [0.4, 0.5) is 0 Å². The number of guanidine groups is 1. The van der Waals surface area contributed by atoms with Gasteiger partial charge in [0.25, 0.3) is 0 Å². The number of piperazine rings is 1. The van der Waals surface area contributed by atoms with E-state index in [-0.39, 0.29) is 0 Å². The lowest BCUT2D eigenvalue weighted by atomic mass is 9.67. The molecule has 0 spiro atoms. The summed E-state index contributed by atoms with van der Waals surface area (Å²) in [6, 6.07) is 0. The van der Waals surface area contributed by atoms with E-state index >= 15 is 0 Å². The van der Waals surface area contributed by atoms with Crippen LogP contribution in [0.25, 0.3) is 0 Å². The van der Waals surface area contributed by atoms with Crippen molar-refractivity contribution in [1.82, 2.24) is 20.4 Å². The molecule has 7 heteroatoms. The Morgan fingerprint density at radius 2 is 1.83 bits per heavy atom. The van der Waals surface area contributed by atoms with Crippen LogP contribution < -0.4 is 10.6 Å². The summed E-state index contributed by atoms with van der Waals surface area (Å²) < 4.78 is 5.29. The summed E-state index contributed by atoms with van der Waals surface area (Å²) in [6.45, 7) is 7.39. The Kier molecular flexibility index (Phi) is 8.60. The number of amides is 1. The second-order valence-electron chi connectivity index (χ2n) is 9.10. The summed E-state index contributed by atoms with van der Waals surface area (Å²) in [6.07, 6.45) is 9.66. The minimum atomic E-state index is 0.306. The third-order valence-corrected chi connectivity index (χ3v) is 7.21. The molecule has 0 aromatic carbocycles. The normalized spacial score (nSPS) is 23.1. The number of rotatable bonds is 9. The maximum atomic E-state index is 12.6. The van der Waals surface area contributed by atoms with Gasteiger partial charge in [-0.15, -0.1) is 0 Å². The number of nitrogens with one attached hydrogen (secondary N) is 2. The van der Waals surface area contributed by atoms with Crippen LogP contribution in [0, 0.1) is 11.3 Å². The fraction of sp³-hybridized carbons (Fsp3) is 0.909. The maximum Gasteiger partial charge on any atom is 0.225 e. The molecule has 1 aliphatic heterocycles. The summed E-state index contributed by atoms with van der Waals surface area (Å²) in [7, 11) is 3.62. The number of ether oxygens (including phenoxy) is 1. The Morgan fingerprint density at radius 3 is 2.41 bits per heavy atom. The molecule has 0 radical (unpaired) electrons. The molecule has 7 nitrogen and oxygen atoms in total. The van der Waals surface area contributed by atoms with Crippen LogP contribution in [-0.2, 0) is 9.53 Å². The molecule has 29 heavy (non-hydrogen) atoms. The van der Waals surface area contributed by atoms with Gasteiger partial charge in [-0.05, 0) is 37.5 Å². The van der Waals surface area contributed by atoms with Crippen molar-refractivity contribution < 1.29 is 9.53 Å². The zero-order valence-electron chi connectivity index (χ0n) is 18.5. The van der Waals surface area contributed by atoms with E-state index in [1.807, 2.05) is 7.05 Å². The summed E-state index contributed by atoms with van der Waals surface area (Å²) in [5, 5.41) is 6.98. The van der Waals surface area contributed by atoms with Crippen molar-refractivity contribution in [2.45, 2.75) is 51.4 Å². The van der Waals surface area contributed by atoms with Gasteiger partial charge in [0.15, 0.2) is 5.96 Å². The van der Waals surface area contributed by atoms with E-state index in [1.165, 1.54) is 32.1 Å². The van der Waals surface area contributed by atoms with Gasteiger partial charge >= 0.3 is 0 Å². The molecule has 0 aromatic rings. The van der Waals surface area contributed by atoms with Crippen LogP contribution in [0.1, 0.15) is 51.4 Å². The van der Waals surface area contributed by atoms with Gasteiger partial charge in [-0.1, -0.05) is 19.3 Å². The zero-order valence-corrected chi connectivity index (χ0v) is 18.5. The topological polar surface area (TPSA) is 69.2 Å². The maximum absolute atomic E-state index is 12.6. The van der Waals surface area contributed by atoms with E-state index in [0.717, 1.165) is 77.6 Å². The number of carbonyl (C=O) groups excluding carboxylic acids is 1. The molecule has 3 aliphatic rings. The summed E-state index contributed by atoms with van der Waals surface area (Å²) in [5.41, 5.74) is 0.385. The Labute approximate surface area is 176 Å². The van der Waals surface area contributed by atoms with Crippen LogP contribution in [0.2, 0.25) is 0 Å².